The number of hydrogen-bond acceptors (Lipinski definition) is 6. The van der Waals surface area contributed by atoms with E-state index in [1.54, 1.807) is 0 Å². The van der Waals surface area contributed by atoms with E-state index < -0.39 is 24.6 Å². The molecule has 1 aliphatic heterocycles. The lowest BCUT2D eigenvalue weighted by Crippen LogP contribution is -2.50. The Morgan fingerprint density at radius 3 is 2.48 bits per heavy atom. The molecular weight excluding hydrogens is 294 g/mol. The zero-order valence-electron chi connectivity index (χ0n) is 12.9. The van der Waals surface area contributed by atoms with Crippen LogP contribution in [-0.2, 0) is 9.47 Å². The third-order valence-electron chi connectivity index (χ3n) is 2.84. The summed E-state index contributed by atoms with van der Waals surface area (Å²) in [4.78, 5) is 0.489. The lowest BCUT2D eigenvalue weighted by Gasteiger charge is -2.36. The zero-order valence-corrected chi connectivity index (χ0v) is 13.7. The van der Waals surface area contributed by atoms with Gasteiger partial charge in [0.1, 0.15) is 12.2 Å². The van der Waals surface area contributed by atoms with Crippen molar-refractivity contribution < 1.29 is 24.8 Å². The van der Waals surface area contributed by atoms with Crippen LogP contribution in [0, 0.1) is 0 Å². The summed E-state index contributed by atoms with van der Waals surface area (Å²) in [5.41, 5.74) is 5.36. The average Bonchev–Trinajstić information content (AvgIpc) is 2.42. The number of aliphatic hydroxyl groups excluding tert-OH is 3. The summed E-state index contributed by atoms with van der Waals surface area (Å²) in [5.74, 6) is 0. The lowest BCUT2D eigenvalue weighted by molar-refractivity contribution is -0.256. The van der Waals surface area contributed by atoms with Crippen LogP contribution in [0.15, 0.2) is 0 Å². The highest BCUT2D eigenvalue weighted by Crippen LogP contribution is 2.21. The summed E-state index contributed by atoms with van der Waals surface area (Å²) < 4.78 is 10.7. The molecule has 1 saturated heterocycles. The Morgan fingerprint density at radius 1 is 1.33 bits per heavy atom. The molecule has 0 saturated carbocycles. The van der Waals surface area contributed by atoms with Gasteiger partial charge in [-0.05, 0) is 19.3 Å². The molecule has 5 N–H and O–H groups in total. The monoisotopic (exact) mass is 323 g/mol. The Kier molecular flexibility index (Phi) is 12.1. The van der Waals surface area contributed by atoms with Crippen molar-refractivity contribution in [2.45, 2.75) is 70.6 Å². The number of ether oxygens (including phenoxy) is 2. The second kappa shape index (κ2) is 12.3. The number of rotatable bonds is 7. The van der Waals surface area contributed by atoms with Gasteiger partial charge < -0.3 is 30.5 Å². The number of unbranched alkanes of at least 4 members (excludes halogenated alkanes) is 1. The minimum absolute atomic E-state index is 0.201. The molecule has 0 aromatic rings. The smallest absolute Gasteiger partial charge is 0.160 e. The molecule has 1 aliphatic rings. The van der Waals surface area contributed by atoms with E-state index in [4.69, 9.17) is 32.5 Å². The Hall–Kier alpha value is -0.310. The van der Waals surface area contributed by atoms with Crippen LogP contribution >= 0.6 is 12.2 Å². The third-order valence-corrected chi connectivity index (χ3v) is 3.04. The van der Waals surface area contributed by atoms with Crippen molar-refractivity contribution in [3.8, 4) is 0 Å². The normalized spacial score (nSPS) is 28.6. The molecule has 6 nitrogen and oxygen atoms in total. The number of thiocarbonyl (C=S) groups is 1. The van der Waals surface area contributed by atoms with E-state index in [2.05, 4.69) is 13.8 Å². The fourth-order valence-electron chi connectivity index (χ4n) is 1.79. The van der Waals surface area contributed by atoms with Crippen molar-refractivity contribution in [2.75, 3.05) is 13.2 Å². The Labute approximate surface area is 132 Å². The van der Waals surface area contributed by atoms with Gasteiger partial charge in [0.15, 0.2) is 6.29 Å². The molecule has 1 fully saturated rings. The largest absolute Gasteiger partial charge is 0.394 e. The summed E-state index contributed by atoms with van der Waals surface area (Å²) in [5, 5.41) is 28.1. The summed E-state index contributed by atoms with van der Waals surface area (Å²) in [6.45, 7) is 4.37. The molecule has 1 rings (SSSR count). The van der Waals surface area contributed by atoms with Crippen molar-refractivity contribution in [3.05, 3.63) is 0 Å². The van der Waals surface area contributed by atoms with Crippen molar-refractivity contribution in [3.63, 3.8) is 0 Å². The van der Waals surface area contributed by atoms with Gasteiger partial charge in [0.05, 0.1) is 17.7 Å². The highest BCUT2D eigenvalue weighted by Gasteiger charge is 2.36. The zero-order chi connectivity index (χ0) is 16.3. The number of nitrogens with two attached hydrogens (primary N) is 1. The second-order valence-electron chi connectivity index (χ2n) is 5.08. The lowest BCUT2D eigenvalue weighted by atomic mass is 10.0. The van der Waals surface area contributed by atoms with Crippen LogP contribution < -0.4 is 5.73 Å². The maximum Gasteiger partial charge on any atom is 0.160 e. The highest BCUT2D eigenvalue weighted by atomic mass is 32.1. The number of aliphatic hydroxyl groups is 3. The maximum absolute atomic E-state index is 9.57. The van der Waals surface area contributed by atoms with Crippen molar-refractivity contribution in [2.24, 2.45) is 5.73 Å². The number of hydrogen-bond donors (Lipinski definition) is 4. The van der Waals surface area contributed by atoms with Gasteiger partial charge in [-0.25, -0.2) is 0 Å². The molecule has 4 atom stereocenters. The Balaban J connectivity index is 0.00000122. The Bertz CT molecular complexity index is 280. The highest BCUT2D eigenvalue weighted by molar-refractivity contribution is 7.80. The minimum Gasteiger partial charge on any atom is -0.394 e. The molecular formula is C14H29NO5S. The van der Waals surface area contributed by atoms with Gasteiger partial charge >= 0.3 is 0 Å². The predicted molar refractivity (Wildman–Crippen MR) is 84.9 cm³/mol. The first-order chi connectivity index (χ1) is 9.96. The first-order valence-electron chi connectivity index (χ1n) is 7.48. The van der Waals surface area contributed by atoms with E-state index in [1.165, 1.54) is 6.42 Å². The van der Waals surface area contributed by atoms with Crippen LogP contribution in [0.2, 0.25) is 0 Å². The quantitative estimate of drug-likeness (QED) is 0.404. The molecule has 1 heterocycles. The molecule has 0 bridgehead atoms. The summed E-state index contributed by atoms with van der Waals surface area (Å²) >= 11 is 4.75. The van der Waals surface area contributed by atoms with Gasteiger partial charge in [0.2, 0.25) is 0 Å². The van der Waals surface area contributed by atoms with Gasteiger partial charge in [-0.2, -0.15) is 0 Å². The molecule has 0 aromatic carbocycles. The maximum atomic E-state index is 9.57. The SMILES string of the molecule is CCC.NC(=S)CCCCOC1CC(O)C(O)C(CO)O1. The molecule has 0 radical (unpaired) electrons. The molecule has 0 spiro atoms. The first-order valence-corrected chi connectivity index (χ1v) is 7.89. The van der Waals surface area contributed by atoms with Crippen molar-refractivity contribution >= 4 is 17.2 Å². The molecule has 0 aromatic heterocycles. The van der Waals surface area contributed by atoms with Gasteiger partial charge in [-0.15, -0.1) is 0 Å². The van der Waals surface area contributed by atoms with Crippen LogP contribution in [0.25, 0.3) is 0 Å². The van der Waals surface area contributed by atoms with Crippen LogP contribution in [-0.4, -0.2) is 58.1 Å². The first kappa shape index (κ1) is 20.7. The second-order valence-corrected chi connectivity index (χ2v) is 5.61. The molecule has 7 heteroatoms. The van der Waals surface area contributed by atoms with Crippen LogP contribution in [0.4, 0.5) is 0 Å². The summed E-state index contributed by atoms with van der Waals surface area (Å²) in [6.07, 6.45) is 0.386. The van der Waals surface area contributed by atoms with E-state index in [0.717, 1.165) is 12.8 Å². The van der Waals surface area contributed by atoms with Crippen molar-refractivity contribution in [1.29, 1.82) is 0 Å². The topological polar surface area (TPSA) is 105 Å². The van der Waals surface area contributed by atoms with Gasteiger partial charge in [-0.1, -0.05) is 32.5 Å². The van der Waals surface area contributed by atoms with Crippen LogP contribution in [0.5, 0.6) is 0 Å². The molecule has 0 amide bonds. The molecule has 0 aliphatic carbocycles. The van der Waals surface area contributed by atoms with Crippen LogP contribution in [0.3, 0.4) is 0 Å². The van der Waals surface area contributed by atoms with Gasteiger partial charge in [-0.3, -0.25) is 0 Å². The van der Waals surface area contributed by atoms with E-state index >= 15 is 0 Å². The van der Waals surface area contributed by atoms with Crippen molar-refractivity contribution in [1.82, 2.24) is 0 Å². The van der Waals surface area contributed by atoms with E-state index in [-0.39, 0.29) is 13.0 Å². The molecule has 21 heavy (non-hydrogen) atoms. The average molecular weight is 323 g/mol. The van der Waals surface area contributed by atoms with Gasteiger partial charge in [0, 0.05) is 13.0 Å². The minimum atomic E-state index is -1.07. The van der Waals surface area contributed by atoms with E-state index in [9.17, 15) is 10.2 Å². The fraction of sp³-hybridized carbons (Fsp3) is 0.929. The summed E-state index contributed by atoms with van der Waals surface area (Å²) in [6, 6.07) is 0. The fourth-order valence-corrected chi connectivity index (χ4v) is 1.93. The molecule has 126 valence electrons. The summed E-state index contributed by atoms with van der Waals surface area (Å²) in [7, 11) is 0. The Morgan fingerprint density at radius 2 is 1.95 bits per heavy atom. The third kappa shape index (κ3) is 9.34. The van der Waals surface area contributed by atoms with E-state index in [1.807, 2.05) is 0 Å². The standard InChI is InChI=1S/C11H21NO5S.C3H8/c12-9(18)3-1-2-4-16-10-5-7(14)11(15)8(6-13)17-10;1-3-2/h7-8,10-11,13-15H,1-6H2,(H2,12,18);3H2,1-2H3. The van der Waals surface area contributed by atoms with Gasteiger partial charge in [0.25, 0.3) is 0 Å². The molecule has 4 unspecified atom stereocenters. The van der Waals surface area contributed by atoms with E-state index in [0.29, 0.717) is 18.0 Å². The van der Waals surface area contributed by atoms with Crippen LogP contribution in [0.1, 0.15) is 46.0 Å². The predicted octanol–water partition coefficient (Wildman–Crippen LogP) is 0.705.